The van der Waals surface area contributed by atoms with Crippen LogP contribution in [-0.2, 0) is 13.0 Å². The molecule has 0 saturated heterocycles. The van der Waals surface area contributed by atoms with Crippen LogP contribution >= 0.6 is 0 Å². The highest BCUT2D eigenvalue weighted by atomic mass is 19.1. The minimum absolute atomic E-state index is 0.174. The summed E-state index contributed by atoms with van der Waals surface area (Å²) in [4.78, 5) is 4.24. The molecule has 1 unspecified atom stereocenters. The second-order valence-electron chi connectivity index (χ2n) is 4.65. The molecule has 0 fully saturated rings. The topological polar surface area (TPSA) is 47.3 Å². The van der Waals surface area contributed by atoms with E-state index in [1.807, 2.05) is 10.8 Å². The Bertz CT molecular complexity index is 569. The van der Waals surface area contributed by atoms with Gasteiger partial charge in [-0.05, 0) is 24.1 Å². The highest BCUT2D eigenvalue weighted by Gasteiger charge is 2.14. The molecule has 0 saturated carbocycles. The Hall–Kier alpha value is -1.88. The third-order valence-corrected chi connectivity index (χ3v) is 3.20. The van der Waals surface area contributed by atoms with Crippen molar-refractivity contribution in [2.24, 2.45) is 0 Å². The first-order valence-electron chi connectivity index (χ1n) is 6.67. The zero-order chi connectivity index (χ0) is 14.5. The lowest BCUT2D eigenvalue weighted by Crippen LogP contribution is -2.09. The van der Waals surface area contributed by atoms with E-state index in [0.717, 1.165) is 18.8 Å². The van der Waals surface area contributed by atoms with Gasteiger partial charge in [0.1, 0.15) is 5.82 Å². The number of aliphatic hydroxyl groups excluding tert-OH is 1. The highest BCUT2D eigenvalue weighted by Crippen LogP contribution is 2.23. The number of ether oxygens (including phenoxy) is 1. The van der Waals surface area contributed by atoms with Crippen LogP contribution in [0.5, 0.6) is 5.75 Å². The summed E-state index contributed by atoms with van der Waals surface area (Å²) < 4.78 is 20.5. The van der Waals surface area contributed by atoms with Crippen molar-refractivity contribution in [3.05, 3.63) is 47.8 Å². The fraction of sp³-hybridized carbons (Fsp3) is 0.400. The largest absolute Gasteiger partial charge is 0.494 e. The molecule has 0 amide bonds. The van der Waals surface area contributed by atoms with Gasteiger partial charge in [-0.25, -0.2) is 9.37 Å². The van der Waals surface area contributed by atoms with E-state index in [1.54, 1.807) is 12.3 Å². The number of aliphatic hydroxyl groups is 1. The first kappa shape index (κ1) is 14.5. The van der Waals surface area contributed by atoms with E-state index in [2.05, 4.69) is 11.9 Å². The Balaban J connectivity index is 2.13. The van der Waals surface area contributed by atoms with Crippen LogP contribution in [0.1, 0.15) is 30.8 Å². The van der Waals surface area contributed by atoms with Crippen LogP contribution < -0.4 is 4.74 Å². The summed E-state index contributed by atoms with van der Waals surface area (Å²) >= 11 is 0. The molecule has 0 radical (unpaired) electrons. The number of halogens is 1. The van der Waals surface area contributed by atoms with Crippen molar-refractivity contribution in [3.63, 3.8) is 0 Å². The lowest BCUT2D eigenvalue weighted by atomic mass is 10.1. The molecule has 0 bridgehead atoms. The fourth-order valence-corrected chi connectivity index (χ4v) is 2.16. The molecule has 1 heterocycles. The summed E-state index contributed by atoms with van der Waals surface area (Å²) in [6.45, 7) is 2.94. The van der Waals surface area contributed by atoms with Gasteiger partial charge in [0.25, 0.3) is 0 Å². The number of rotatable bonds is 6. The molecule has 1 atom stereocenters. The number of aromatic nitrogens is 2. The fourth-order valence-electron chi connectivity index (χ4n) is 2.16. The molecule has 0 aliphatic heterocycles. The number of hydrogen-bond donors (Lipinski definition) is 1. The average molecular weight is 278 g/mol. The molecular formula is C15H19FN2O2. The zero-order valence-electron chi connectivity index (χ0n) is 11.7. The second-order valence-corrected chi connectivity index (χ2v) is 4.65. The van der Waals surface area contributed by atoms with Crippen molar-refractivity contribution >= 4 is 0 Å². The maximum absolute atomic E-state index is 13.6. The third-order valence-electron chi connectivity index (χ3n) is 3.20. The van der Waals surface area contributed by atoms with Crippen molar-refractivity contribution in [1.29, 1.82) is 0 Å². The van der Waals surface area contributed by atoms with E-state index in [0.29, 0.717) is 12.0 Å². The Morgan fingerprint density at radius 1 is 1.45 bits per heavy atom. The minimum atomic E-state index is -0.784. The molecule has 1 N–H and O–H groups in total. The Morgan fingerprint density at radius 3 is 2.90 bits per heavy atom. The predicted molar refractivity (Wildman–Crippen MR) is 74.1 cm³/mol. The quantitative estimate of drug-likeness (QED) is 0.883. The molecule has 4 nitrogen and oxygen atoms in total. The summed E-state index contributed by atoms with van der Waals surface area (Å²) in [7, 11) is 1.41. The molecule has 108 valence electrons. The van der Waals surface area contributed by atoms with Gasteiger partial charge in [0, 0.05) is 25.4 Å². The molecule has 5 heteroatoms. The lowest BCUT2D eigenvalue weighted by Gasteiger charge is -2.13. The smallest absolute Gasteiger partial charge is 0.165 e. The van der Waals surface area contributed by atoms with Gasteiger partial charge >= 0.3 is 0 Å². The van der Waals surface area contributed by atoms with Gasteiger partial charge in [-0.2, -0.15) is 0 Å². The minimum Gasteiger partial charge on any atom is -0.494 e. The molecule has 0 aliphatic rings. The van der Waals surface area contributed by atoms with Gasteiger partial charge in [-0.15, -0.1) is 0 Å². The second kappa shape index (κ2) is 6.52. The van der Waals surface area contributed by atoms with E-state index >= 15 is 0 Å². The zero-order valence-corrected chi connectivity index (χ0v) is 11.7. The van der Waals surface area contributed by atoms with Crippen LogP contribution in [0.25, 0.3) is 0 Å². The van der Waals surface area contributed by atoms with Gasteiger partial charge in [0.05, 0.1) is 13.2 Å². The molecule has 2 rings (SSSR count). The molecular weight excluding hydrogens is 259 g/mol. The first-order valence-corrected chi connectivity index (χ1v) is 6.67. The van der Waals surface area contributed by atoms with Crippen LogP contribution in [0.15, 0.2) is 30.6 Å². The normalized spacial score (nSPS) is 12.4. The van der Waals surface area contributed by atoms with Gasteiger partial charge in [-0.1, -0.05) is 13.0 Å². The molecule has 0 spiro atoms. The highest BCUT2D eigenvalue weighted by molar-refractivity contribution is 5.30. The first-order chi connectivity index (χ1) is 9.65. The summed E-state index contributed by atoms with van der Waals surface area (Å²) in [5.41, 5.74) is 0.523. The van der Waals surface area contributed by atoms with Crippen LogP contribution in [0.2, 0.25) is 0 Å². The van der Waals surface area contributed by atoms with Crippen LogP contribution in [0, 0.1) is 5.82 Å². The van der Waals surface area contributed by atoms with Gasteiger partial charge in [0.15, 0.2) is 11.6 Å². The molecule has 0 aliphatic carbocycles. The average Bonchev–Trinajstić information content (AvgIpc) is 2.86. The van der Waals surface area contributed by atoms with Crippen molar-refractivity contribution in [3.8, 4) is 5.75 Å². The summed E-state index contributed by atoms with van der Waals surface area (Å²) in [6, 6.07) is 4.49. The molecule has 1 aromatic carbocycles. The Morgan fingerprint density at radius 2 is 2.25 bits per heavy atom. The molecule has 20 heavy (non-hydrogen) atoms. The van der Waals surface area contributed by atoms with Crippen LogP contribution in [0.4, 0.5) is 4.39 Å². The number of benzene rings is 1. The maximum Gasteiger partial charge on any atom is 0.165 e. The van der Waals surface area contributed by atoms with Crippen molar-refractivity contribution < 1.29 is 14.2 Å². The van der Waals surface area contributed by atoms with Gasteiger partial charge < -0.3 is 14.4 Å². The Kier molecular flexibility index (Phi) is 4.74. The SMILES string of the molecule is CCCn1ccnc1CC(O)c1ccc(OC)c(F)c1. The number of aryl methyl sites for hydroxylation is 1. The summed E-state index contributed by atoms with van der Waals surface area (Å²) in [5, 5.41) is 10.2. The molecule has 1 aromatic heterocycles. The third kappa shape index (κ3) is 3.17. The van der Waals surface area contributed by atoms with Gasteiger partial charge in [0.2, 0.25) is 0 Å². The lowest BCUT2D eigenvalue weighted by molar-refractivity contribution is 0.174. The van der Waals surface area contributed by atoms with Crippen molar-refractivity contribution in [2.75, 3.05) is 7.11 Å². The van der Waals surface area contributed by atoms with E-state index in [9.17, 15) is 9.50 Å². The predicted octanol–water partition coefficient (Wildman–Crippen LogP) is 2.72. The Labute approximate surface area is 117 Å². The standard InChI is InChI=1S/C15H19FN2O2/c1-3-7-18-8-6-17-15(18)10-13(19)11-4-5-14(20-2)12(16)9-11/h4-6,8-9,13,19H,3,7,10H2,1-2H3. The monoisotopic (exact) mass is 278 g/mol. The summed E-state index contributed by atoms with van der Waals surface area (Å²) in [6.07, 6.45) is 4.18. The number of imidazole rings is 1. The van der Waals surface area contributed by atoms with E-state index in [-0.39, 0.29) is 5.75 Å². The van der Waals surface area contributed by atoms with Crippen LogP contribution in [-0.4, -0.2) is 21.8 Å². The maximum atomic E-state index is 13.6. The number of nitrogens with zero attached hydrogens (tertiary/aromatic N) is 2. The number of methoxy groups -OCH3 is 1. The van der Waals surface area contributed by atoms with Crippen molar-refractivity contribution in [2.45, 2.75) is 32.4 Å². The van der Waals surface area contributed by atoms with Crippen LogP contribution in [0.3, 0.4) is 0 Å². The summed E-state index contributed by atoms with van der Waals surface area (Å²) in [5.74, 6) is 0.505. The van der Waals surface area contributed by atoms with Crippen molar-refractivity contribution in [1.82, 2.24) is 9.55 Å². The molecule has 2 aromatic rings. The van der Waals surface area contributed by atoms with E-state index in [4.69, 9.17) is 4.74 Å². The van der Waals surface area contributed by atoms with E-state index in [1.165, 1.54) is 19.2 Å². The van der Waals surface area contributed by atoms with E-state index < -0.39 is 11.9 Å². The number of hydrogen-bond acceptors (Lipinski definition) is 3. The van der Waals surface area contributed by atoms with Gasteiger partial charge in [-0.3, -0.25) is 0 Å².